The van der Waals surface area contributed by atoms with E-state index in [-0.39, 0.29) is 11.8 Å². The molecular formula is C22H26N4O. The highest BCUT2D eigenvalue weighted by Crippen LogP contribution is 2.32. The second kappa shape index (κ2) is 7.16. The standard InChI is InChI=1S/C22H26N4O/c1-22(23)13-5-4-6-18(22)21(27)25-17-11-9-16(10-12-17)14-26-15-24-19-7-2-3-8-20(19)26/h2-3,7-12,15,18H,4-6,13-14,23H2,1H3,(H,25,27). The molecule has 3 aromatic rings. The van der Waals surface area contributed by atoms with E-state index in [0.29, 0.717) is 0 Å². The largest absolute Gasteiger partial charge is 0.326 e. The third-order valence-electron chi connectivity index (χ3n) is 5.67. The molecule has 5 nitrogen and oxygen atoms in total. The summed E-state index contributed by atoms with van der Waals surface area (Å²) in [5.41, 5.74) is 10.0. The van der Waals surface area contributed by atoms with Crippen LogP contribution in [0.2, 0.25) is 0 Å². The molecule has 140 valence electrons. The molecule has 2 unspecified atom stereocenters. The third-order valence-corrected chi connectivity index (χ3v) is 5.67. The quantitative estimate of drug-likeness (QED) is 0.738. The van der Waals surface area contributed by atoms with Crippen LogP contribution in [0.1, 0.15) is 38.2 Å². The molecule has 1 fully saturated rings. The normalized spacial score (nSPS) is 22.7. The SMILES string of the molecule is CC1(N)CCCCC1C(=O)Nc1ccc(Cn2cnc3ccccc32)cc1. The number of nitrogens with zero attached hydrogens (tertiary/aromatic N) is 2. The van der Waals surface area contributed by atoms with Crippen molar-refractivity contribution in [1.82, 2.24) is 9.55 Å². The predicted octanol–water partition coefficient (Wildman–Crippen LogP) is 3.93. The van der Waals surface area contributed by atoms with Crippen LogP contribution in [0.15, 0.2) is 54.9 Å². The number of fused-ring (bicyclic) bond motifs is 1. The molecule has 0 radical (unpaired) electrons. The molecule has 1 aliphatic rings. The van der Waals surface area contributed by atoms with Crippen molar-refractivity contribution in [2.45, 2.75) is 44.7 Å². The molecular weight excluding hydrogens is 336 g/mol. The van der Waals surface area contributed by atoms with Crippen molar-refractivity contribution in [2.75, 3.05) is 5.32 Å². The lowest BCUT2D eigenvalue weighted by Gasteiger charge is -2.37. The molecule has 2 aromatic carbocycles. The number of nitrogens with two attached hydrogens (primary N) is 1. The fourth-order valence-electron chi connectivity index (χ4n) is 4.04. The van der Waals surface area contributed by atoms with Gasteiger partial charge in [-0.25, -0.2) is 4.98 Å². The summed E-state index contributed by atoms with van der Waals surface area (Å²) in [6.45, 7) is 2.74. The number of hydrogen-bond donors (Lipinski definition) is 2. The van der Waals surface area contributed by atoms with Gasteiger partial charge in [0.25, 0.3) is 0 Å². The first-order valence-electron chi connectivity index (χ1n) is 9.61. The Hall–Kier alpha value is -2.66. The zero-order valence-corrected chi connectivity index (χ0v) is 15.7. The van der Waals surface area contributed by atoms with Crippen LogP contribution in [0.3, 0.4) is 0 Å². The van der Waals surface area contributed by atoms with Gasteiger partial charge in [0.05, 0.1) is 23.3 Å². The van der Waals surface area contributed by atoms with Crippen LogP contribution in [-0.2, 0) is 11.3 Å². The number of amides is 1. The van der Waals surface area contributed by atoms with Crippen LogP contribution in [0.25, 0.3) is 11.0 Å². The molecule has 5 heteroatoms. The van der Waals surface area contributed by atoms with Crippen molar-refractivity contribution in [1.29, 1.82) is 0 Å². The summed E-state index contributed by atoms with van der Waals surface area (Å²) >= 11 is 0. The van der Waals surface area contributed by atoms with Gasteiger partial charge in [-0.05, 0) is 49.6 Å². The lowest BCUT2D eigenvalue weighted by atomic mass is 9.74. The number of aromatic nitrogens is 2. The smallest absolute Gasteiger partial charge is 0.229 e. The number of imidazole rings is 1. The van der Waals surface area contributed by atoms with Gasteiger partial charge < -0.3 is 15.6 Å². The van der Waals surface area contributed by atoms with Gasteiger partial charge in [0.15, 0.2) is 0 Å². The number of hydrogen-bond acceptors (Lipinski definition) is 3. The molecule has 27 heavy (non-hydrogen) atoms. The maximum atomic E-state index is 12.7. The Kier molecular flexibility index (Phi) is 4.70. The Morgan fingerprint density at radius 2 is 2.00 bits per heavy atom. The molecule has 0 spiro atoms. The fraction of sp³-hybridized carbons (Fsp3) is 0.364. The number of rotatable bonds is 4. The topological polar surface area (TPSA) is 72.9 Å². The van der Waals surface area contributed by atoms with Crippen LogP contribution >= 0.6 is 0 Å². The Morgan fingerprint density at radius 1 is 1.22 bits per heavy atom. The lowest BCUT2D eigenvalue weighted by Crippen LogP contribution is -2.51. The molecule has 2 atom stereocenters. The zero-order valence-electron chi connectivity index (χ0n) is 15.7. The number of carbonyl (C=O) groups excluding carboxylic acids is 1. The van der Waals surface area contributed by atoms with Gasteiger partial charge in [-0.2, -0.15) is 0 Å². The molecule has 0 saturated heterocycles. The number of benzene rings is 2. The summed E-state index contributed by atoms with van der Waals surface area (Å²) in [7, 11) is 0. The average molecular weight is 362 g/mol. The maximum Gasteiger partial charge on any atom is 0.229 e. The molecule has 1 heterocycles. The summed E-state index contributed by atoms with van der Waals surface area (Å²) in [6, 6.07) is 16.1. The van der Waals surface area contributed by atoms with Crippen LogP contribution in [0, 0.1) is 5.92 Å². The van der Waals surface area contributed by atoms with E-state index in [0.717, 1.165) is 54.5 Å². The molecule has 1 saturated carbocycles. The Bertz CT molecular complexity index is 942. The molecule has 0 bridgehead atoms. The zero-order chi connectivity index (χ0) is 18.9. The molecule has 0 aliphatic heterocycles. The van der Waals surface area contributed by atoms with Crippen molar-refractivity contribution >= 4 is 22.6 Å². The number of nitrogens with one attached hydrogen (secondary N) is 1. The average Bonchev–Trinajstić information content (AvgIpc) is 3.06. The van der Waals surface area contributed by atoms with Crippen LogP contribution in [0.5, 0.6) is 0 Å². The van der Waals surface area contributed by atoms with Gasteiger partial charge in [-0.1, -0.05) is 37.1 Å². The van der Waals surface area contributed by atoms with E-state index in [1.54, 1.807) is 0 Å². The number of para-hydroxylation sites is 2. The van der Waals surface area contributed by atoms with Gasteiger partial charge in [0.1, 0.15) is 0 Å². The first-order chi connectivity index (χ1) is 13.0. The second-order valence-corrected chi connectivity index (χ2v) is 7.85. The highest BCUT2D eigenvalue weighted by molar-refractivity contribution is 5.93. The lowest BCUT2D eigenvalue weighted by molar-refractivity contribution is -0.122. The molecule has 4 rings (SSSR count). The van der Waals surface area contributed by atoms with Crippen molar-refractivity contribution < 1.29 is 4.79 Å². The van der Waals surface area contributed by atoms with Crippen molar-refractivity contribution in [3.8, 4) is 0 Å². The second-order valence-electron chi connectivity index (χ2n) is 7.85. The molecule has 1 amide bonds. The van der Waals surface area contributed by atoms with E-state index in [9.17, 15) is 4.79 Å². The maximum absolute atomic E-state index is 12.7. The predicted molar refractivity (Wildman–Crippen MR) is 108 cm³/mol. The highest BCUT2D eigenvalue weighted by Gasteiger charge is 2.37. The Morgan fingerprint density at radius 3 is 2.78 bits per heavy atom. The first kappa shape index (κ1) is 17.7. The van der Waals surface area contributed by atoms with E-state index in [4.69, 9.17) is 5.73 Å². The highest BCUT2D eigenvalue weighted by atomic mass is 16.1. The summed E-state index contributed by atoms with van der Waals surface area (Å²) in [5, 5.41) is 3.04. The minimum atomic E-state index is -0.412. The molecule has 3 N–H and O–H groups in total. The summed E-state index contributed by atoms with van der Waals surface area (Å²) in [4.78, 5) is 17.1. The minimum Gasteiger partial charge on any atom is -0.326 e. The van der Waals surface area contributed by atoms with Gasteiger partial charge >= 0.3 is 0 Å². The van der Waals surface area contributed by atoms with E-state index in [1.165, 1.54) is 0 Å². The first-order valence-corrected chi connectivity index (χ1v) is 9.61. The van der Waals surface area contributed by atoms with E-state index in [2.05, 4.69) is 20.9 Å². The summed E-state index contributed by atoms with van der Waals surface area (Å²) in [5.74, 6) is -0.0868. The van der Waals surface area contributed by atoms with E-state index < -0.39 is 5.54 Å². The third kappa shape index (κ3) is 3.74. The molecule has 1 aromatic heterocycles. The fourth-order valence-corrected chi connectivity index (χ4v) is 4.04. The van der Waals surface area contributed by atoms with Gasteiger partial charge in [0, 0.05) is 17.8 Å². The van der Waals surface area contributed by atoms with Gasteiger partial charge in [0.2, 0.25) is 5.91 Å². The van der Waals surface area contributed by atoms with E-state index >= 15 is 0 Å². The minimum absolute atomic E-state index is 0.0352. The van der Waals surface area contributed by atoms with Gasteiger partial charge in [-0.3, -0.25) is 4.79 Å². The number of carbonyl (C=O) groups is 1. The Labute approximate surface area is 159 Å². The monoisotopic (exact) mass is 362 g/mol. The molecule has 1 aliphatic carbocycles. The van der Waals surface area contributed by atoms with Crippen LogP contribution in [-0.4, -0.2) is 21.0 Å². The van der Waals surface area contributed by atoms with Crippen molar-refractivity contribution in [3.63, 3.8) is 0 Å². The summed E-state index contributed by atoms with van der Waals surface area (Å²) < 4.78 is 2.13. The summed E-state index contributed by atoms with van der Waals surface area (Å²) in [6.07, 6.45) is 5.82. The van der Waals surface area contributed by atoms with E-state index in [1.807, 2.05) is 55.7 Å². The van der Waals surface area contributed by atoms with Crippen molar-refractivity contribution in [2.24, 2.45) is 11.7 Å². The van der Waals surface area contributed by atoms with Crippen LogP contribution < -0.4 is 11.1 Å². The Balaban J connectivity index is 1.44. The van der Waals surface area contributed by atoms with Crippen LogP contribution in [0.4, 0.5) is 5.69 Å². The van der Waals surface area contributed by atoms with Gasteiger partial charge in [-0.15, -0.1) is 0 Å². The van der Waals surface area contributed by atoms with Crippen molar-refractivity contribution in [3.05, 3.63) is 60.4 Å². The number of anilines is 1.